The fraction of sp³-hybridized carbons (Fsp3) is 0.375. The van der Waals surface area contributed by atoms with E-state index in [2.05, 4.69) is 5.32 Å². The first-order valence-electron chi connectivity index (χ1n) is 10.4. The lowest BCUT2D eigenvalue weighted by atomic mass is 9.92. The summed E-state index contributed by atoms with van der Waals surface area (Å²) in [7, 11) is -4.02. The number of hydrogen-bond acceptors (Lipinski definition) is 3. The van der Waals surface area contributed by atoms with Crippen molar-refractivity contribution in [2.45, 2.75) is 40.7 Å². The summed E-state index contributed by atoms with van der Waals surface area (Å²) in [6, 6.07) is 16.5. The van der Waals surface area contributed by atoms with Crippen molar-refractivity contribution in [3.05, 3.63) is 70.6 Å². The largest absolute Gasteiger partial charge is 0.348 e. The monoisotopic (exact) mass is 426 g/mol. The lowest BCUT2D eigenvalue weighted by Gasteiger charge is -2.34. The standard InChI is InChI=1S/C24H30N2O3S/c1-6-26-20-15-11-10-14-19(20)21(18-12-8-7-9-13-18)23(30(26,28)29)24(27)25-22(16(2)3)17(4)5/h7-17,22H,6H2,1-5H3,(H,25,27). The average Bonchev–Trinajstić information content (AvgIpc) is 2.70. The third-order valence-electron chi connectivity index (χ3n) is 5.51. The number of rotatable bonds is 6. The fourth-order valence-electron chi connectivity index (χ4n) is 4.18. The number of hydrogen-bond donors (Lipinski definition) is 1. The number of nitrogens with one attached hydrogen (secondary N) is 1. The fourth-order valence-corrected chi connectivity index (χ4v) is 5.93. The van der Waals surface area contributed by atoms with Crippen molar-refractivity contribution < 1.29 is 13.2 Å². The SMILES string of the molecule is CCN1c2ccccc2C(c2ccccc2)=C(C(=O)NC(C(C)C)C(C)C)S1(=O)=O. The van der Waals surface area contributed by atoms with E-state index < -0.39 is 15.9 Å². The van der Waals surface area contributed by atoms with Crippen molar-refractivity contribution in [3.63, 3.8) is 0 Å². The van der Waals surface area contributed by atoms with E-state index in [-0.39, 0.29) is 29.3 Å². The van der Waals surface area contributed by atoms with Crippen LogP contribution in [0.5, 0.6) is 0 Å². The predicted octanol–water partition coefficient (Wildman–Crippen LogP) is 4.41. The minimum absolute atomic E-state index is 0.135. The molecule has 0 aliphatic carbocycles. The molecular weight excluding hydrogens is 396 g/mol. The van der Waals surface area contributed by atoms with Crippen molar-refractivity contribution in [1.82, 2.24) is 5.32 Å². The smallest absolute Gasteiger partial charge is 0.270 e. The summed E-state index contributed by atoms with van der Waals surface area (Å²) in [6.07, 6.45) is 0. The Morgan fingerprint density at radius 2 is 1.50 bits per heavy atom. The van der Waals surface area contributed by atoms with E-state index in [4.69, 9.17) is 0 Å². The van der Waals surface area contributed by atoms with Gasteiger partial charge in [-0.3, -0.25) is 9.10 Å². The van der Waals surface area contributed by atoms with Crippen LogP contribution in [0.15, 0.2) is 59.5 Å². The van der Waals surface area contributed by atoms with Crippen LogP contribution in [0.1, 0.15) is 45.7 Å². The van der Waals surface area contributed by atoms with Gasteiger partial charge in [0.25, 0.3) is 15.9 Å². The zero-order valence-corrected chi connectivity index (χ0v) is 19.0. The minimum Gasteiger partial charge on any atom is -0.348 e. The summed E-state index contributed by atoms with van der Waals surface area (Å²) in [6.45, 7) is 10.1. The van der Waals surface area contributed by atoms with Gasteiger partial charge in [-0.2, -0.15) is 0 Å². The van der Waals surface area contributed by atoms with Crippen molar-refractivity contribution >= 4 is 27.2 Å². The molecule has 1 aliphatic rings. The number of amides is 1. The van der Waals surface area contributed by atoms with E-state index in [1.807, 2.05) is 76.2 Å². The Hall–Kier alpha value is -2.60. The van der Waals surface area contributed by atoms with Crippen LogP contribution in [0.3, 0.4) is 0 Å². The molecule has 160 valence electrons. The van der Waals surface area contributed by atoms with Gasteiger partial charge in [-0.15, -0.1) is 0 Å². The molecule has 1 N–H and O–H groups in total. The highest BCUT2D eigenvalue weighted by molar-refractivity contribution is 7.97. The number of anilines is 1. The molecule has 0 bridgehead atoms. The molecule has 0 atom stereocenters. The molecule has 0 radical (unpaired) electrons. The van der Waals surface area contributed by atoms with E-state index in [0.717, 1.165) is 5.56 Å². The number of sulfonamides is 1. The van der Waals surface area contributed by atoms with Crippen molar-refractivity contribution in [2.24, 2.45) is 11.8 Å². The van der Waals surface area contributed by atoms with Crippen LogP contribution in [0.25, 0.3) is 5.57 Å². The molecule has 0 aromatic heterocycles. The molecule has 0 saturated heterocycles. The van der Waals surface area contributed by atoms with Crippen LogP contribution in [0.4, 0.5) is 5.69 Å². The zero-order chi connectivity index (χ0) is 22.1. The summed E-state index contributed by atoms with van der Waals surface area (Å²) < 4.78 is 28.6. The Kier molecular flexibility index (Phi) is 6.36. The van der Waals surface area contributed by atoms with E-state index in [0.29, 0.717) is 16.8 Å². The van der Waals surface area contributed by atoms with Gasteiger partial charge in [0.05, 0.1) is 5.69 Å². The van der Waals surface area contributed by atoms with Gasteiger partial charge in [0, 0.05) is 23.7 Å². The van der Waals surface area contributed by atoms with Gasteiger partial charge >= 0.3 is 0 Å². The molecule has 30 heavy (non-hydrogen) atoms. The third-order valence-corrected chi connectivity index (χ3v) is 7.45. The highest BCUT2D eigenvalue weighted by Gasteiger charge is 2.41. The van der Waals surface area contributed by atoms with Gasteiger partial charge < -0.3 is 5.32 Å². The van der Waals surface area contributed by atoms with Crippen LogP contribution < -0.4 is 9.62 Å². The second-order valence-corrected chi connectivity index (χ2v) is 10.0. The maximum atomic E-state index is 13.7. The molecule has 2 aromatic carbocycles. The van der Waals surface area contributed by atoms with Crippen molar-refractivity contribution in [1.29, 1.82) is 0 Å². The van der Waals surface area contributed by atoms with E-state index in [9.17, 15) is 13.2 Å². The lowest BCUT2D eigenvalue weighted by Crippen LogP contribution is -2.47. The minimum atomic E-state index is -4.02. The number of benzene rings is 2. The van der Waals surface area contributed by atoms with Crippen molar-refractivity contribution in [2.75, 3.05) is 10.8 Å². The summed E-state index contributed by atoms with van der Waals surface area (Å²) in [5, 5.41) is 3.01. The molecule has 0 saturated carbocycles. The van der Waals surface area contributed by atoms with Gasteiger partial charge in [-0.25, -0.2) is 8.42 Å². The number of carbonyl (C=O) groups excluding carboxylic acids is 1. The Balaban J connectivity index is 2.30. The Labute approximate surface area is 179 Å². The summed E-state index contributed by atoms with van der Waals surface area (Å²) in [5.74, 6) is -0.194. The molecule has 1 amide bonds. The highest BCUT2D eigenvalue weighted by Crippen LogP contribution is 2.42. The quantitative estimate of drug-likeness (QED) is 0.744. The number of fused-ring (bicyclic) bond motifs is 1. The maximum Gasteiger partial charge on any atom is 0.270 e. The molecule has 0 spiro atoms. The summed E-state index contributed by atoms with van der Waals surface area (Å²) >= 11 is 0. The number of carbonyl (C=O) groups is 1. The highest BCUT2D eigenvalue weighted by atomic mass is 32.2. The van der Waals surface area contributed by atoms with E-state index in [1.54, 1.807) is 13.0 Å². The Morgan fingerprint density at radius 3 is 2.07 bits per heavy atom. The first-order chi connectivity index (χ1) is 14.2. The second kappa shape index (κ2) is 8.64. The lowest BCUT2D eigenvalue weighted by molar-refractivity contribution is -0.118. The van der Waals surface area contributed by atoms with Crippen LogP contribution in [0.2, 0.25) is 0 Å². The summed E-state index contributed by atoms with van der Waals surface area (Å²) in [4.78, 5) is 13.3. The van der Waals surface area contributed by atoms with Crippen LogP contribution in [-0.4, -0.2) is 26.9 Å². The van der Waals surface area contributed by atoms with Crippen LogP contribution >= 0.6 is 0 Å². The van der Waals surface area contributed by atoms with Gasteiger partial charge in [0.15, 0.2) is 4.91 Å². The normalized spacial score (nSPS) is 15.7. The first-order valence-corrected chi connectivity index (χ1v) is 11.9. The van der Waals surface area contributed by atoms with E-state index in [1.165, 1.54) is 4.31 Å². The van der Waals surface area contributed by atoms with Crippen molar-refractivity contribution in [3.8, 4) is 0 Å². The van der Waals surface area contributed by atoms with Gasteiger partial charge in [0.1, 0.15) is 0 Å². The van der Waals surface area contributed by atoms with Crippen LogP contribution in [0, 0.1) is 11.8 Å². The van der Waals surface area contributed by atoms with Gasteiger partial charge in [-0.05, 0) is 30.4 Å². The molecule has 6 heteroatoms. The average molecular weight is 427 g/mol. The second-order valence-electron chi connectivity index (χ2n) is 8.24. The third kappa shape index (κ3) is 3.88. The molecule has 1 heterocycles. The topological polar surface area (TPSA) is 66.5 Å². The molecule has 2 aromatic rings. The predicted molar refractivity (Wildman–Crippen MR) is 122 cm³/mol. The number of nitrogens with zero attached hydrogens (tertiary/aromatic N) is 1. The molecule has 3 rings (SSSR count). The van der Waals surface area contributed by atoms with Crippen LogP contribution in [-0.2, 0) is 14.8 Å². The number of para-hydroxylation sites is 1. The molecule has 5 nitrogen and oxygen atoms in total. The maximum absolute atomic E-state index is 13.7. The van der Waals surface area contributed by atoms with E-state index >= 15 is 0 Å². The van der Waals surface area contributed by atoms with Gasteiger partial charge in [0.2, 0.25) is 0 Å². The zero-order valence-electron chi connectivity index (χ0n) is 18.2. The molecule has 0 fully saturated rings. The first kappa shape index (κ1) is 22.1. The Morgan fingerprint density at radius 1 is 0.933 bits per heavy atom. The van der Waals surface area contributed by atoms with Gasteiger partial charge in [-0.1, -0.05) is 76.2 Å². The summed E-state index contributed by atoms with van der Waals surface area (Å²) in [5.41, 5.74) is 2.51. The molecular formula is C24H30N2O3S. The molecule has 1 aliphatic heterocycles. The molecule has 0 unspecified atom stereocenters. The Bertz CT molecular complexity index is 1050.